The summed E-state index contributed by atoms with van der Waals surface area (Å²) >= 11 is 0. The molecule has 1 rings (SSSR count). The fourth-order valence-corrected chi connectivity index (χ4v) is 2.32. The molecule has 0 aliphatic heterocycles. The van der Waals surface area contributed by atoms with Gasteiger partial charge < -0.3 is 5.32 Å². The molecule has 96 valence electrons. The first-order valence-electron chi connectivity index (χ1n) is 5.19. The minimum Gasteiger partial charge on any atom is -0.376 e. The van der Waals surface area contributed by atoms with Gasteiger partial charge in [0.15, 0.2) is 0 Å². The van der Waals surface area contributed by atoms with Gasteiger partial charge >= 0.3 is 0 Å². The summed E-state index contributed by atoms with van der Waals surface area (Å²) in [5.41, 5.74) is 0.415. The molecule has 0 amide bonds. The van der Waals surface area contributed by atoms with E-state index in [2.05, 4.69) is 5.32 Å². The quantitative estimate of drug-likeness (QED) is 0.646. The third kappa shape index (κ3) is 3.82. The lowest BCUT2D eigenvalue weighted by atomic mass is 10.2. The van der Waals surface area contributed by atoms with Crippen LogP contribution in [-0.2, 0) is 10.8 Å². The number of hydrogen-bond donors (Lipinski definition) is 1. The third-order valence-corrected chi connectivity index (χ3v) is 3.18. The van der Waals surface area contributed by atoms with E-state index in [1.54, 1.807) is 13.2 Å². The van der Waals surface area contributed by atoms with Crippen molar-refractivity contribution in [2.24, 2.45) is 0 Å². The van der Waals surface area contributed by atoms with E-state index in [0.717, 1.165) is 0 Å². The van der Waals surface area contributed by atoms with Crippen LogP contribution >= 0.6 is 0 Å². The van der Waals surface area contributed by atoms with Gasteiger partial charge in [0, 0.05) is 34.9 Å². The molecule has 1 N–H and O–H groups in total. The summed E-state index contributed by atoms with van der Waals surface area (Å²) in [7, 11) is -0.977. The normalized spacial score (nSPS) is 13.4. The molecular formula is C11H13N3O3S. The van der Waals surface area contributed by atoms with Crippen molar-refractivity contribution in [1.82, 2.24) is 0 Å². The molecule has 2 atom stereocenters. The minimum absolute atomic E-state index is 0.150. The van der Waals surface area contributed by atoms with E-state index in [9.17, 15) is 14.3 Å². The second-order valence-electron chi connectivity index (χ2n) is 3.89. The number of benzene rings is 1. The Morgan fingerprint density at radius 3 is 2.78 bits per heavy atom. The third-order valence-electron chi connectivity index (χ3n) is 2.21. The van der Waals surface area contributed by atoms with Crippen molar-refractivity contribution >= 4 is 22.2 Å². The summed E-state index contributed by atoms with van der Waals surface area (Å²) in [5, 5.41) is 22.5. The molecule has 18 heavy (non-hydrogen) atoms. The Kier molecular flexibility index (Phi) is 4.80. The Labute approximate surface area is 107 Å². The van der Waals surface area contributed by atoms with Crippen LogP contribution in [-0.4, -0.2) is 27.2 Å². The predicted octanol–water partition coefficient (Wildman–Crippen LogP) is 1.65. The maximum Gasteiger partial charge on any atom is 0.293 e. The molecule has 0 spiro atoms. The van der Waals surface area contributed by atoms with E-state index in [1.807, 2.05) is 6.07 Å². The van der Waals surface area contributed by atoms with Gasteiger partial charge in [-0.2, -0.15) is 5.26 Å². The van der Waals surface area contributed by atoms with Crippen LogP contribution in [0, 0.1) is 21.4 Å². The maximum absolute atomic E-state index is 11.1. The van der Waals surface area contributed by atoms with Gasteiger partial charge in [0.1, 0.15) is 5.69 Å². The number of nitriles is 1. The van der Waals surface area contributed by atoms with Crippen LogP contribution < -0.4 is 5.32 Å². The van der Waals surface area contributed by atoms with E-state index in [1.165, 1.54) is 18.2 Å². The Morgan fingerprint density at radius 2 is 2.28 bits per heavy atom. The number of rotatable bonds is 5. The SMILES string of the molecule is CC(CS(C)=O)Nc1ccc(C#N)cc1[N+](=O)[O-]. The maximum atomic E-state index is 11.1. The summed E-state index contributed by atoms with van der Waals surface area (Å²) in [4.78, 5) is 10.3. The van der Waals surface area contributed by atoms with Gasteiger partial charge in [-0.15, -0.1) is 0 Å². The summed E-state index contributed by atoms with van der Waals surface area (Å²) in [5.74, 6) is 0.400. The van der Waals surface area contributed by atoms with Crippen LogP contribution in [0.5, 0.6) is 0 Å². The Hall–Kier alpha value is -1.94. The fraction of sp³-hybridized carbons (Fsp3) is 0.364. The molecule has 0 aliphatic rings. The van der Waals surface area contributed by atoms with E-state index < -0.39 is 15.7 Å². The molecule has 0 aliphatic carbocycles. The molecule has 1 aromatic carbocycles. The highest BCUT2D eigenvalue weighted by Gasteiger charge is 2.16. The van der Waals surface area contributed by atoms with Crippen molar-refractivity contribution in [3.05, 3.63) is 33.9 Å². The molecule has 2 unspecified atom stereocenters. The van der Waals surface area contributed by atoms with Crippen LogP contribution in [0.1, 0.15) is 12.5 Å². The number of anilines is 1. The number of nitro benzene ring substituents is 1. The van der Waals surface area contributed by atoms with E-state index >= 15 is 0 Å². The monoisotopic (exact) mass is 267 g/mol. The molecule has 0 saturated carbocycles. The molecule has 0 heterocycles. The van der Waals surface area contributed by atoms with Gasteiger partial charge in [-0.3, -0.25) is 14.3 Å². The van der Waals surface area contributed by atoms with Crippen molar-refractivity contribution < 1.29 is 9.13 Å². The van der Waals surface area contributed by atoms with Gasteiger partial charge in [0.25, 0.3) is 5.69 Å². The van der Waals surface area contributed by atoms with Crippen LogP contribution in [0.25, 0.3) is 0 Å². The fourth-order valence-electron chi connectivity index (χ4n) is 1.53. The Morgan fingerprint density at radius 1 is 1.61 bits per heavy atom. The van der Waals surface area contributed by atoms with Crippen molar-refractivity contribution in [3.8, 4) is 6.07 Å². The zero-order valence-corrected chi connectivity index (χ0v) is 10.9. The second kappa shape index (κ2) is 6.12. The first-order valence-corrected chi connectivity index (χ1v) is 6.92. The Bertz CT molecular complexity index is 525. The number of nitrogens with zero attached hydrogens (tertiary/aromatic N) is 2. The standard InChI is InChI=1S/C11H13N3O3S/c1-8(7-18(2)17)13-10-4-3-9(6-12)5-11(10)14(15)16/h3-5,8,13H,7H2,1-2H3. The van der Waals surface area contributed by atoms with Gasteiger partial charge in [0.2, 0.25) is 0 Å². The zero-order valence-electron chi connectivity index (χ0n) is 10.0. The summed E-state index contributed by atoms with van der Waals surface area (Å²) in [6, 6.07) is 5.92. The first-order chi connectivity index (χ1) is 8.43. The first kappa shape index (κ1) is 14.1. The topological polar surface area (TPSA) is 96.0 Å². The largest absolute Gasteiger partial charge is 0.376 e. The van der Waals surface area contributed by atoms with Crippen LogP contribution in [0.3, 0.4) is 0 Å². The summed E-state index contributed by atoms with van der Waals surface area (Å²) < 4.78 is 11.1. The van der Waals surface area contributed by atoms with E-state index in [-0.39, 0.29) is 17.3 Å². The highest BCUT2D eigenvalue weighted by molar-refractivity contribution is 7.84. The minimum atomic E-state index is -0.977. The number of nitrogens with one attached hydrogen (secondary N) is 1. The molecular weight excluding hydrogens is 254 g/mol. The average molecular weight is 267 g/mol. The highest BCUT2D eigenvalue weighted by atomic mass is 32.2. The smallest absolute Gasteiger partial charge is 0.293 e. The van der Waals surface area contributed by atoms with Crippen molar-refractivity contribution in [3.63, 3.8) is 0 Å². The van der Waals surface area contributed by atoms with Gasteiger partial charge in [-0.1, -0.05) is 0 Å². The van der Waals surface area contributed by atoms with Gasteiger partial charge in [-0.05, 0) is 19.1 Å². The lowest BCUT2D eigenvalue weighted by molar-refractivity contribution is -0.384. The number of nitro groups is 1. The molecule has 0 saturated heterocycles. The Balaban J connectivity index is 2.98. The summed E-state index contributed by atoms with van der Waals surface area (Å²) in [6.07, 6.45) is 1.57. The van der Waals surface area contributed by atoms with E-state index in [4.69, 9.17) is 5.26 Å². The average Bonchev–Trinajstić information content (AvgIpc) is 2.28. The van der Waals surface area contributed by atoms with Crippen molar-refractivity contribution in [2.45, 2.75) is 13.0 Å². The molecule has 0 radical (unpaired) electrons. The second-order valence-corrected chi connectivity index (χ2v) is 5.37. The molecule has 0 aromatic heterocycles. The van der Waals surface area contributed by atoms with Crippen molar-refractivity contribution in [2.75, 3.05) is 17.3 Å². The molecule has 7 heteroatoms. The van der Waals surface area contributed by atoms with E-state index in [0.29, 0.717) is 11.4 Å². The number of hydrogen-bond acceptors (Lipinski definition) is 5. The molecule has 6 nitrogen and oxygen atoms in total. The van der Waals surface area contributed by atoms with Crippen molar-refractivity contribution in [1.29, 1.82) is 5.26 Å². The predicted molar refractivity (Wildman–Crippen MR) is 69.8 cm³/mol. The summed E-state index contributed by atoms with van der Waals surface area (Å²) in [6.45, 7) is 1.79. The molecule has 1 aromatic rings. The van der Waals surface area contributed by atoms with Crippen LogP contribution in [0.2, 0.25) is 0 Å². The molecule has 0 fully saturated rings. The zero-order chi connectivity index (χ0) is 13.7. The van der Waals surface area contributed by atoms with Gasteiger partial charge in [0.05, 0.1) is 16.6 Å². The van der Waals surface area contributed by atoms with Crippen LogP contribution in [0.15, 0.2) is 18.2 Å². The lowest BCUT2D eigenvalue weighted by Crippen LogP contribution is -2.22. The van der Waals surface area contributed by atoms with Crippen LogP contribution in [0.4, 0.5) is 11.4 Å². The van der Waals surface area contributed by atoms with Gasteiger partial charge in [-0.25, -0.2) is 0 Å². The lowest BCUT2D eigenvalue weighted by Gasteiger charge is -2.13. The highest BCUT2D eigenvalue weighted by Crippen LogP contribution is 2.25. The molecule has 0 bridgehead atoms.